The highest BCUT2D eigenvalue weighted by molar-refractivity contribution is 5.21. The van der Waals surface area contributed by atoms with Crippen LogP contribution in [0.25, 0.3) is 0 Å². The van der Waals surface area contributed by atoms with Crippen LogP contribution in [0.2, 0.25) is 0 Å². The molecule has 102 valence electrons. The van der Waals surface area contributed by atoms with Gasteiger partial charge in [-0.1, -0.05) is 6.07 Å². The van der Waals surface area contributed by atoms with Crippen LogP contribution in [-0.4, -0.2) is 14.9 Å². The first-order chi connectivity index (χ1) is 8.97. The Hall–Kier alpha value is -1.75. The number of rotatable bonds is 4. The van der Waals surface area contributed by atoms with E-state index in [2.05, 4.69) is 5.10 Å². The number of hydrogen-bond donors (Lipinski definition) is 1. The quantitative estimate of drug-likeness (QED) is 0.923. The molecule has 2 aromatic rings. The summed E-state index contributed by atoms with van der Waals surface area (Å²) >= 11 is 0. The van der Waals surface area contributed by atoms with Gasteiger partial charge in [-0.3, -0.25) is 4.68 Å². The molecule has 0 aliphatic carbocycles. The molecular formula is C14H16F2N2O. The predicted octanol–water partition coefficient (Wildman–Crippen LogP) is 3.02. The predicted molar refractivity (Wildman–Crippen MR) is 67.6 cm³/mol. The maximum Gasteiger partial charge on any atom is 0.129 e. The molecule has 2 rings (SSSR count). The molecule has 1 aromatic carbocycles. The molecule has 0 saturated heterocycles. The van der Waals surface area contributed by atoms with Crippen molar-refractivity contribution in [2.75, 3.05) is 0 Å². The van der Waals surface area contributed by atoms with E-state index in [4.69, 9.17) is 0 Å². The van der Waals surface area contributed by atoms with Gasteiger partial charge in [0, 0.05) is 30.3 Å². The third kappa shape index (κ3) is 3.17. The minimum absolute atomic E-state index is 0.0932. The molecule has 1 N–H and O–H groups in total. The molecule has 3 nitrogen and oxygen atoms in total. The lowest BCUT2D eigenvalue weighted by atomic mass is 10.0. The van der Waals surface area contributed by atoms with Crippen molar-refractivity contribution in [1.82, 2.24) is 9.78 Å². The van der Waals surface area contributed by atoms with E-state index in [0.717, 1.165) is 6.07 Å². The normalized spacial score (nSPS) is 12.9. The number of aliphatic hydroxyl groups excluding tert-OH is 1. The Morgan fingerprint density at radius 3 is 2.63 bits per heavy atom. The lowest BCUT2D eigenvalue weighted by Gasteiger charge is -2.09. The van der Waals surface area contributed by atoms with Gasteiger partial charge in [-0.2, -0.15) is 5.10 Å². The number of benzene rings is 1. The molecule has 0 amide bonds. The highest BCUT2D eigenvalue weighted by Crippen LogP contribution is 2.21. The molecule has 19 heavy (non-hydrogen) atoms. The van der Waals surface area contributed by atoms with Crippen LogP contribution in [0.3, 0.4) is 0 Å². The van der Waals surface area contributed by atoms with Gasteiger partial charge in [-0.25, -0.2) is 8.78 Å². The summed E-state index contributed by atoms with van der Waals surface area (Å²) in [5.41, 5.74) is 0.906. The highest BCUT2D eigenvalue weighted by Gasteiger charge is 2.14. The summed E-state index contributed by atoms with van der Waals surface area (Å²) in [6.07, 6.45) is 2.53. The van der Waals surface area contributed by atoms with E-state index in [1.165, 1.54) is 12.1 Å². The molecule has 1 unspecified atom stereocenters. The summed E-state index contributed by atoms with van der Waals surface area (Å²) in [5, 5.41) is 14.2. The van der Waals surface area contributed by atoms with Crippen molar-refractivity contribution < 1.29 is 13.9 Å². The Labute approximate surface area is 110 Å². The molecule has 1 heterocycles. The molecule has 5 heteroatoms. The molecular weight excluding hydrogens is 250 g/mol. The van der Waals surface area contributed by atoms with E-state index >= 15 is 0 Å². The second-order valence-corrected chi connectivity index (χ2v) is 4.80. The summed E-state index contributed by atoms with van der Waals surface area (Å²) in [7, 11) is 0. The van der Waals surface area contributed by atoms with Crippen LogP contribution in [0.15, 0.2) is 30.6 Å². The van der Waals surface area contributed by atoms with E-state index in [0.29, 0.717) is 5.56 Å². The number of aromatic nitrogens is 2. The maximum absolute atomic E-state index is 13.5. The summed E-state index contributed by atoms with van der Waals surface area (Å²) in [4.78, 5) is 0. The third-order valence-electron chi connectivity index (χ3n) is 2.96. The van der Waals surface area contributed by atoms with Crippen molar-refractivity contribution in [1.29, 1.82) is 0 Å². The molecule has 0 bridgehead atoms. The maximum atomic E-state index is 13.5. The van der Waals surface area contributed by atoms with Crippen LogP contribution in [0.4, 0.5) is 8.78 Å². The van der Waals surface area contributed by atoms with Gasteiger partial charge in [0.2, 0.25) is 0 Å². The van der Waals surface area contributed by atoms with Gasteiger partial charge in [-0.05, 0) is 25.5 Å². The van der Waals surface area contributed by atoms with Crippen molar-refractivity contribution in [3.05, 3.63) is 53.4 Å². The van der Waals surface area contributed by atoms with Crippen LogP contribution in [0.1, 0.15) is 37.1 Å². The van der Waals surface area contributed by atoms with Crippen molar-refractivity contribution in [3.63, 3.8) is 0 Å². The molecule has 0 saturated carbocycles. The molecule has 1 aromatic heterocycles. The van der Waals surface area contributed by atoms with Gasteiger partial charge >= 0.3 is 0 Å². The fourth-order valence-corrected chi connectivity index (χ4v) is 1.82. The molecule has 0 aliphatic rings. The lowest BCUT2D eigenvalue weighted by Crippen LogP contribution is -2.04. The van der Waals surface area contributed by atoms with E-state index in [1.807, 2.05) is 13.8 Å². The second-order valence-electron chi connectivity index (χ2n) is 4.80. The van der Waals surface area contributed by atoms with Crippen LogP contribution < -0.4 is 0 Å². The van der Waals surface area contributed by atoms with Gasteiger partial charge in [0.1, 0.15) is 11.6 Å². The Morgan fingerprint density at radius 2 is 2.05 bits per heavy atom. The van der Waals surface area contributed by atoms with Crippen LogP contribution >= 0.6 is 0 Å². The van der Waals surface area contributed by atoms with Crippen molar-refractivity contribution >= 4 is 0 Å². The first kappa shape index (κ1) is 13.7. The monoisotopic (exact) mass is 266 g/mol. The number of aliphatic hydroxyl groups is 1. The fourth-order valence-electron chi connectivity index (χ4n) is 1.82. The summed E-state index contributed by atoms with van der Waals surface area (Å²) in [6.45, 7) is 3.95. The van der Waals surface area contributed by atoms with Gasteiger partial charge < -0.3 is 5.11 Å². The van der Waals surface area contributed by atoms with Crippen molar-refractivity contribution in [2.24, 2.45) is 0 Å². The van der Waals surface area contributed by atoms with Crippen molar-refractivity contribution in [2.45, 2.75) is 32.4 Å². The molecule has 1 atom stereocenters. The number of nitrogens with zero attached hydrogens (tertiary/aromatic N) is 2. The van der Waals surface area contributed by atoms with Gasteiger partial charge in [0.25, 0.3) is 0 Å². The smallest absolute Gasteiger partial charge is 0.129 e. The molecule has 0 spiro atoms. The largest absolute Gasteiger partial charge is 0.388 e. The Balaban J connectivity index is 2.13. The van der Waals surface area contributed by atoms with Crippen LogP contribution in [-0.2, 0) is 6.42 Å². The Bertz CT molecular complexity index is 566. The van der Waals surface area contributed by atoms with Crippen LogP contribution in [0, 0.1) is 11.6 Å². The van der Waals surface area contributed by atoms with Gasteiger partial charge in [-0.15, -0.1) is 0 Å². The zero-order chi connectivity index (χ0) is 14.0. The minimum atomic E-state index is -0.854. The zero-order valence-corrected chi connectivity index (χ0v) is 10.8. The van der Waals surface area contributed by atoms with Gasteiger partial charge in [0.15, 0.2) is 0 Å². The van der Waals surface area contributed by atoms with E-state index in [9.17, 15) is 13.9 Å². The Kier molecular flexibility index (Phi) is 3.95. The minimum Gasteiger partial charge on any atom is -0.388 e. The van der Waals surface area contributed by atoms with E-state index < -0.39 is 17.7 Å². The second kappa shape index (κ2) is 5.48. The first-order valence-electron chi connectivity index (χ1n) is 6.13. The lowest BCUT2D eigenvalue weighted by molar-refractivity contribution is 0.177. The standard InChI is InChI=1S/C14H16F2N2O/c1-9(2)18-8-11(7-17-18)14(19)5-10-3-4-12(15)6-13(10)16/h3-4,6-9,14,19H,5H2,1-2H3. The number of hydrogen-bond acceptors (Lipinski definition) is 2. The van der Waals surface area contributed by atoms with E-state index in [-0.39, 0.29) is 18.0 Å². The molecule has 0 radical (unpaired) electrons. The number of halogens is 2. The zero-order valence-electron chi connectivity index (χ0n) is 10.8. The average Bonchev–Trinajstić information content (AvgIpc) is 2.82. The van der Waals surface area contributed by atoms with Crippen LogP contribution in [0.5, 0.6) is 0 Å². The summed E-state index contributed by atoms with van der Waals surface area (Å²) in [6, 6.07) is 3.55. The summed E-state index contributed by atoms with van der Waals surface area (Å²) in [5.74, 6) is -1.27. The van der Waals surface area contributed by atoms with E-state index in [1.54, 1.807) is 17.1 Å². The topological polar surface area (TPSA) is 38.0 Å². The first-order valence-corrected chi connectivity index (χ1v) is 6.13. The Morgan fingerprint density at radius 1 is 1.32 bits per heavy atom. The fraction of sp³-hybridized carbons (Fsp3) is 0.357. The SMILES string of the molecule is CC(C)n1cc(C(O)Cc2ccc(F)cc2F)cn1. The molecule has 0 aliphatic heterocycles. The van der Waals surface area contributed by atoms with Gasteiger partial charge in [0.05, 0.1) is 12.3 Å². The average molecular weight is 266 g/mol. The highest BCUT2D eigenvalue weighted by atomic mass is 19.1. The van der Waals surface area contributed by atoms with Crippen molar-refractivity contribution in [3.8, 4) is 0 Å². The third-order valence-corrected chi connectivity index (χ3v) is 2.96. The summed E-state index contributed by atoms with van der Waals surface area (Å²) < 4.78 is 28.0. The molecule has 0 fully saturated rings.